The Labute approximate surface area is 105 Å². The maximum atomic E-state index is 8.78. The van der Waals surface area contributed by atoms with E-state index in [1.54, 1.807) is 12.3 Å². The first-order valence-corrected chi connectivity index (χ1v) is 6.00. The number of nitriles is 1. The Morgan fingerprint density at radius 2 is 2.33 bits per heavy atom. The second-order valence-electron chi connectivity index (χ2n) is 4.54. The molecule has 0 bridgehead atoms. The van der Waals surface area contributed by atoms with E-state index in [2.05, 4.69) is 15.4 Å². The molecule has 1 fully saturated rings. The second kappa shape index (κ2) is 4.49. The fourth-order valence-corrected chi connectivity index (χ4v) is 1.81. The van der Waals surface area contributed by atoms with Crippen molar-refractivity contribution in [2.24, 2.45) is 5.92 Å². The summed E-state index contributed by atoms with van der Waals surface area (Å²) in [7, 11) is 0. The Bertz CT molecular complexity index is 591. The van der Waals surface area contributed by atoms with Crippen molar-refractivity contribution in [1.29, 1.82) is 5.26 Å². The van der Waals surface area contributed by atoms with Gasteiger partial charge in [0.15, 0.2) is 0 Å². The summed E-state index contributed by atoms with van der Waals surface area (Å²) in [6.07, 6.45) is 6.38. The molecule has 1 saturated carbocycles. The number of rotatable bonds is 4. The molecular formula is C13H13N5. The highest BCUT2D eigenvalue weighted by Gasteiger charge is 2.21. The summed E-state index contributed by atoms with van der Waals surface area (Å²) in [6.45, 7) is 0.993. The van der Waals surface area contributed by atoms with Gasteiger partial charge < -0.3 is 5.32 Å². The number of anilines is 2. The highest BCUT2D eigenvalue weighted by atomic mass is 15.3. The lowest BCUT2D eigenvalue weighted by Crippen LogP contribution is -1.99. The van der Waals surface area contributed by atoms with Crippen molar-refractivity contribution in [1.82, 2.24) is 14.8 Å². The number of nitrogens with one attached hydrogen (secondary N) is 1. The predicted molar refractivity (Wildman–Crippen MR) is 67.2 cm³/mol. The second-order valence-corrected chi connectivity index (χ2v) is 4.54. The number of nitrogens with zero attached hydrogens (tertiary/aromatic N) is 4. The number of hydrogen-bond acceptors (Lipinski definition) is 4. The van der Waals surface area contributed by atoms with Gasteiger partial charge in [0.05, 0.1) is 11.9 Å². The van der Waals surface area contributed by atoms with Crippen LogP contribution in [0.2, 0.25) is 0 Å². The first-order valence-electron chi connectivity index (χ1n) is 6.00. The predicted octanol–water partition coefficient (Wildman–Crippen LogP) is 2.30. The Morgan fingerprint density at radius 1 is 1.44 bits per heavy atom. The van der Waals surface area contributed by atoms with Gasteiger partial charge in [0.1, 0.15) is 17.6 Å². The Balaban J connectivity index is 1.71. The highest BCUT2D eigenvalue weighted by molar-refractivity contribution is 5.54. The molecule has 0 radical (unpaired) electrons. The van der Waals surface area contributed by atoms with Gasteiger partial charge in [-0.1, -0.05) is 6.07 Å². The number of hydrogen-bond donors (Lipinski definition) is 1. The molecule has 1 N–H and O–H groups in total. The molecule has 5 heteroatoms. The van der Waals surface area contributed by atoms with Crippen LogP contribution in [0.25, 0.3) is 0 Å². The van der Waals surface area contributed by atoms with Crippen LogP contribution in [0.5, 0.6) is 0 Å². The van der Waals surface area contributed by atoms with E-state index in [0.717, 1.165) is 18.2 Å². The molecule has 18 heavy (non-hydrogen) atoms. The van der Waals surface area contributed by atoms with Crippen molar-refractivity contribution < 1.29 is 0 Å². The van der Waals surface area contributed by atoms with Gasteiger partial charge in [0.2, 0.25) is 0 Å². The van der Waals surface area contributed by atoms with Gasteiger partial charge in [-0.05, 0) is 30.9 Å². The summed E-state index contributed by atoms with van der Waals surface area (Å²) in [5.41, 5.74) is 1.31. The lowest BCUT2D eigenvalue weighted by atomic mass is 10.3. The minimum atomic E-state index is 0.408. The van der Waals surface area contributed by atoms with Crippen LogP contribution in [-0.2, 0) is 6.54 Å². The van der Waals surface area contributed by atoms with E-state index in [1.807, 2.05) is 29.1 Å². The van der Waals surface area contributed by atoms with E-state index in [0.29, 0.717) is 11.5 Å². The van der Waals surface area contributed by atoms with E-state index in [-0.39, 0.29) is 0 Å². The van der Waals surface area contributed by atoms with E-state index in [1.165, 1.54) is 12.8 Å². The summed E-state index contributed by atoms with van der Waals surface area (Å²) in [5.74, 6) is 1.47. The van der Waals surface area contributed by atoms with Gasteiger partial charge in [-0.2, -0.15) is 10.4 Å². The SMILES string of the molecule is N#Cc1cccc(Nc2cnn(CC3CC3)c2)n1. The van der Waals surface area contributed by atoms with E-state index in [4.69, 9.17) is 5.26 Å². The first-order chi connectivity index (χ1) is 8.83. The van der Waals surface area contributed by atoms with Crippen LogP contribution in [0.3, 0.4) is 0 Å². The quantitative estimate of drug-likeness (QED) is 0.889. The van der Waals surface area contributed by atoms with Crippen molar-refractivity contribution in [2.45, 2.75) is 19.4 Å². The van der Waals surface area contributed by atoms with Gasteiger partial charge in [0, 0.05) is 12.7 Å². The molecule has 0 unspecified atom stereocenters. The third-order valence-corrected chi connectivity index (χ3v) is 2.91. The molecule has 2 aromatic heterocycles. The van der Waals surface area contributed by atoms with E-state index in [9.17, 15) is 0 Å². The molecule has 0 aromatic carbocycles. The fourth-order valence-electron chi connectivity index (χ4n) is 1.81. The maximum absolute atomic E-state index is 8.78. The summed E-state index contributed by atoms with van der Waals surface area (Å²) < 4.78 is 1.95. The molecule has 5 nitrogen and oxygen atoms in total. The van der Waals surface area contributed by atoms with Crippen LogP contribution in [0.4, 0.5) is 11.5 Å². The van der Waals surface area contributed by atoms with E-state index < -0.39 is 0 Å². The van der Waals surface area contributed by atoms with Crippen molar-refractivity contribution in [3.05, 3.63) is 36.3 Å². The topological polar surface area (TPSA) is 66.5 Å². The zero-order valence-electron chi connectivity index (χ0n) is 9.87. The standard InChI is InChI=1S/C13H13N5/c14-6-11-2-1-3-13(16-11)17-12-7-15-18(9-12)8-10-4-5-10/h1-3,7,9-10H,4-5,8H2,(H,16,17). The van der Waals surface area contributed by atoms with Crippen LogP contribution < -0.4 is 5.32 Å². The normalized spacial score (nSPS) is 14.2. The molecular weight excluding hydrogens is 226 g/mol. The van der Waals surface area contributed by atoms with Gasteiger partial charge in [-0.15, -0.1) is 0 Å². The van der Waals surface area contributed by atoms with Crippen LogP contribution in [0, 0.1) is 17.2 Å². The van der Waals surface area contributed by atoms with Gasteiger partial charge in [0.25, 0.3) is 0 Å². The summed E-state index contributed by atoms with van der Waals surface area (Å²) in [5, 5.41) is 16.2. The Kier molecular flexibility index (Phi) is 2.69. The molecule has 90 valence electrons. The summed E-state index contributed by atoms with van der Waals surface area (Å²) in [4.78, 5) is 4.16. The molecule has 0 amide bonds. The Morgan fingerprint density at radius 3 is 3.11 bits per heavy atom. The van der Waals surface area contributed by atoms with Gasteiger partial charge in [-0.25, -0.2) is 4.98 Å². The molecule has 2 aromatic rings. The third kappa shape index (κ3) is 2.48. The van der Waals surface area contributed by atoms with Crippen molar-refractivity contribution in [2.75, 3.05) is 5.32 Å². The Hall–Kier alpha value is -2.35. The first kappa shape index (κ1) is 10.8. The average Bonchev–Trinajstić information content (AvgIpc) is 3.09. The number of aromatic nitrogens is 3. The fraction of sp³-hybridized carbons (Fsp3) is 0.308. The highest BCUT2D eigenvalue weighted by Crippen LogP contribution is 2.30. The average molecular weight is 239 g/mol. The van der Waals surface area contributed by atoms with Crippen LogP contribution in [-0.4, -0.2) is 14.8 Å². The molecule has 0 saturated heterocycles. The minimum Gasteiger partial charge on any atom is -0.338 e. The van der Waals surface area contributed by atoms with Gasteiger partial charge >= 0.3 is 0 Å². The maximum Gasteiger partial charge on any atom is 0.142 e. The monoisotopic (exact) mass is 239 g/mol. The van der Waals surface area contributed by atoms with Crippen molar-refractivity contribution in [3.8, 4) is 6.07 Å². The molecule has 1 aliphatic rings. The minimum absolute atomic E-state index is 0.408. The number of pyridine rings is 1. The zero-order valence-corrected chi connectivity index (χ0v) is 9.87. The molecule has 0 aliphatic heterocycles. The van der Waals surface area contributed by atoms with Gasteiger partial charge in [-0.3, -0.25) is 4.68 Å². The zero-order chi connectivity index (χ0) is 12.4. The lowest BCUT2D eigenvalue weighted by Gasteiger charge is -2.02. The van der Waals surface area contributed by atoms with E-state index >= 15 is 0 Å². The molecule has 3 rings (SSSR count). The molecule has 0 spiro atoms. The smallest absolute Gasteiger partial charge is 0.142 e. The largest absolute Gasteiger partial charge is 0.338 e. The van der Waals surface area contributed by atoms with Crippen molar-refractivity contribution >= 4 is 11.5 Å². The summed E-state index contributed by atoms with van der Waals surface area (Å²) in [6, 6.07) is 7.34. The molecule has 1 aliphatic carbocycles. The summed E-state index contributed by atoms with van der Waals surface area (Å²) >= 11 is 0. The van der Waals surface area contributed by atoms with Crippen LogP contribution in [0.1, 0.15) is 18.5 Å². The van der Waals surface area contributed by atoms with Crippen LogP contribution in [0.15, 0.2) is 30.6 Å². The van der Waals surface area contributed by atoms with Crippen LogP contribution >= 0.6 is 0 Å². The third-order valence-electron chi connectivity index (χ3n) is 2.91. The molecule has 2 heterocycles. The van der Waals surface area contributed by atoms with Crippen molar-refractivity contribution in [3.63, 3.8) is 0 Å². The molecule has 0 atom stereocenters. The lowest BCUT2D eigenvalue weighted by molar-refractivity contribution is 0.563.